The van der Waals surface area contributed by atoms with Crippen LogP contribution in [-0.2, 0) is 17.8 Å². The van der Waals surface area contributed by atoms with Crippen molar-refractivity contribution in [3.05, 3.63) is 89.3 Å². The Morgan fingerprint density at radius 3 is 2.70 bits per heavy atom. The molecule has 9 heteroatoms. The van der Waals surface area contributed by atoms with Gasteiger partial charge >= 0.3 is 0 Å². The summed E-state index contributed by atoms with van der Waals surface area (Å²) >= 11 is 1.29. The minimum absolute atomic E-state index is 0.120. The monoisotopic (exact) mass is 418 g/mol. The molecule has 0 aliphatic rings. The van der Waals surface area contributed by atoms with Crippen LogP contribution in [-0.4, -0.2) is 31.6 Å². The number of nitrogens with one attached hydrogen (secondary N) is 2. The summed E-state index contributed by atoms with van der Waals surface area (Å²) in [7, 11) is 0. The van der Waals surface area contributed by atoms with Crippen LogP contribution >= 0.6 is 11.3 Å². The van der Waals surface area contributed by atoms with Crippen molar-refractivity contribution in [2.75, 3.05) is 5.32 Å². The molecule has 0 atom stereocenters. The standard InChI is InChI=1S/C21H18N6O2S/c28-18(23-13-16-8-4-9-22-19(16)27-11-5-10-24-27)12-17-14-30-21(25-17)26-20(29)15-6-2-1-3-7-15/h1-11,14H,12-13H2,(H,23,28)(H,25,26,29). The Bertz CT molecular complexity index is 1140. The molecule has 2 amide bonds. The first kappa shape index (κ1) is 19.5. The molecule has 4 aromatic rings. The molecular weight excluding hydrogens is 400 g/mol. The minimum Gasteiger partial charge on any atom is -0.352 e. The van der Waals surface area contributed by atoms with Crippen molar-refractivity contribution in [3.63, 3.8) is 0 Å². The van der Waals surface area contributed by atoms with E-state index in [-0.39, 0.29) is 18.2 Å². The fraction of sp³-hybridized carbons (Fsp3) is 0.0952. The van der Waals surface area contributed by atoms with Crippen molar-refractivity contribution in [2.45, 2.75) is 13.0 Å². The molecular formula is C21H18N6O2S. The lowest BCUT2D eigenvalue weighted by Crippen LogP contribution is -2.25. The molecule has 2 N–H and O–H groups in total. The van der Waals surface area contributed by atoms with Crippen molar-refractivity contribution in [3.8, 4) is 5.82 Å². The molecule has 0 bridgehead atoms. The van der Waals surface area contributed by atoms with Gasteiger partial charge in [-0.1, -0.05) is 24.3 Å². The van der Waals surface area contributed by atoms with E-state index in [0.717, 1.165) is 5.56 Å². The van der Waals surface area contributed by atoms with Crippen LogP contribution < -0.4 is 10.6 Å². The number of pyridine rings is 1. The van der Waals surface area contributed by atoms with E-state index in [2.05, 4.69) is 25.7 Å². The van der Waals surface area contributed by atoms with Gasteiger partial charge in [0.1, 0.15) is 0 Å². The highest BCUT2D eigenvalue weighted by atomic mass is 32.1. The zero-order valence-corrected chi connectivity index (χ0v) is 16.7. The van der Waals surface area contributed by atoms with Gasteiger partial charge in [0.05, 0.1) is 12.1 Å². The van der Waals surface area contributed by atoms with E-state index in [1.807, 2.05) is 24.3 Å². The highest BCUT2D eigenvalue weighted by Gasteiger charge is 2.12. The fourth-order valence-corrected chi connectivity index (χ4v) is 3.50. The number of thiazole rings is 1. The van der Waals surface area contributed by atoms with Gasteiger partial charge < -0.3 is 5.32 Å². The second-order valence-corrected chi connectivity index (χ2v) is 7.21. The molecule has 0 aliphatic carbocycles. The van der Waals surface area contributed by atoms with E-state index in [0.29, 0.717) is 28.8 Å². The van der Waals surface area contributed by atoms with Crippen molar-refractivity contribution < 1.29 is 9.59 Å². The third-order valence-electron chi connectivity index (χ3n) is 4.21. The molecule has 150 valence electrons. The number of aromatic nitrogens is 4. The minimum atomic E-state index is -0.233. The Hall–Kier alpha value is -3.85. The smallest absolute Gasteiger partial charge is 0.257 e. The van der Waals surface area contributed by atoms with Crippen LogP contribution in [0.1, 0.15) is 21.6 Å². The molecule has 1 aromatic carbocycles. The first-order valence-electron chi connectivity index (χ1n) is 9.20. The van der Waals surface area contributed by atoms with Crippen LogP contribution in [0.5, 0.6) is 0 Å². The molecule has 0 unspecified atom stereocenters. The lowest BCUT2D eigenvalue weighted by molar-refractivity contribution is -0.120. The van der Waals surface area contributed by atoms with E-state index in [4.69, 9.17) is 0 Å². The van der Waals surface area contributed by atoms with E-state index < -0.39 is 0 Å². The van der Waals surface area contributed by atoms with Crippen LogP contribution in [0, 0.1) is 0 Å². The summed E-state index contributed by atoms with van der Waals surface area (Å²) in [4.78, 5) is 33.2. The van der Waals surface area contributed by atoms with E-state index in [1.165, 1.54) is 11.3 Å². The molecule has 0 radical (unpaired) electrons. The highest BCUT2D eigenvalue weighted by molar-refractivity contribution is 7.14. The molecule has 3 aromatic heterocycles. The number of benzene rings is 1. The maximum atomic E-state index is 12.4. The van der Waals surface area contributed by atoms with Gasteiger partial charge in [0.15, 0.2) is 10.9 Å². The number of rotatable bonds is 7. The van der Waals surface area contributed by atoms with Gasteiger partial charge in [-0.25, -0.2) is 14.6 Å². The Morgan fingerprint density at radius 2 is 1.90 bits per heavy atom. The highest BCUT2D eigenvalue weighted by Crippen LogP contribution is 2.17. The summed E-state index contributed by atoms with van der Waals surface area (Å²) in [5, 5.41) is 12.0. The lowest BCUT2D eigenvalue weighted by atomic mass is 10.2. The van der Waals surface area contributed by atoms with E-state index in [1.54, 1.807) is 52.9 Å². The van der Waals surface area contributed by atoms with Crippen LogP contribution in [0.4, 0.5) is 5.13 Å². The normalized spacial score (nSPS) is 10.5. The van der Waals surface area contributed by atoms with Gasteiger partial charge in [-0.2, -0.15) is 5.10 Å². The average molecular weight is 418 g/mol. The molecule has 0 aliphatic heterocycles. The van der Waals surface area contributed by atoms with Gasteiger partial charge in [-0.05, 0) is 24.3 Å². The van der Waals surface area contributed by atoms with Crippen LogP contribution in [0.2, 0.25) is 0 Å². The summed E-state index contributed by atoms with van der Waals surface area (Å²) in [5.41, 5.74) is 2.00. The van der Waals surface area contributed by atoms with E-state index >= 15 is 0 Å². The summed E-state index contributed by atoms with van der Waals surface area (Å²) in [5.74, 6) is 0.266. The number of carbonyl (C=O) groups is 2. The second kappa shape index (κ2) is 9.10. The number of hydrogen-bond acceptors (Lipinski definition) is 6. The maximum Gasteiger partial charge on any atom is 0.257 e. The van der Waals surface area contributed by atoms with Crippen LogP contribution in [0.15, 0.2) is 72.5 Å². The van der Waals surface area contributed by atoms with Crippen molar-refractivity contribution in [2.24, 2.45) is 0 Å². The molecule has 0 fully saturated rings. The lowest BCUT2D eigenvalue weighted by Gasteiger charge is -2.09. The Morgan fingerprint density at radius 1 is 1.03 bits per heavy atom. The largest absolute Gasteiger partial charge is 0.352 e. The second-order valence-electron chi connectivity index (χ2n) is 6.35. The van der Waals surface area contributed by atoms with Crippen molar-refractivity contribution in [1.82, 2.24) is 25.1 Å². The summed E-state index contributed by atoms with van der Waals surface area (Å²) in [6, 6.07) is 14.4. The molecule has 4 rings (SSSR count). The molecule has 30 heavy (non-hydrogen) atoms. The average Bonchev–Trinajstić information content (AvgIpc) is 3.45. The Labute approximate surface area is 176 Å². The third kappa shape index (κ3) is 4.76. The number of hydrogen-bond donors (Lipinski definition) is 2. The first-order valence-corrected chi connectivity index (χ1v) is 10.1. The zero-order chi connectivity index (χ0) is 20.8. The van der Waals surface area contributed by atoms with Crippen molar-refractivity contribution >= 4 is 28.3 Å². The number of nitrogens with zero attached hydrogens (tertiary/aromatic N) is 4. The molecule has 0 saturated carbocycles. The van der Waals surface area contributed by atoms with Gasteiger partial charge in [0, 0.05) is 41.6 Å². The van der Waals surface area contributed by atoms with Gasteiger partial charge in [0.25, 0.3) is 5.91 Å². The topological polar surface area (TPSA) is 102 Å². The van der Waals surface area contributed by atoms with Gasteiger partial charge in [-0.15, -0.1) is 11.3 Å². The quantitative estimate of drug-likeness (QED) is 0.481. The summed E-state index contributed by atoms with van der Waals surface area (Å²) < 4.78 is 1.66. The molecule has 0 saturated heterocycles. The summed E-state index contributed by atoms with van der Waals surface area (Å²) in [6.07, 6.45) is 5.28. The Balaban J connectivity index is 1.33. The molecule has 3 heterocycles. The zero-order valence-electron chi connectivity index (χ0n) is 15.9. The van der Waals surface area contributed by atoms with Crippen LogP contribution in [0.25, 0.3) is 5.82 Å². The van der Waals surface area contributed by atoms with Gasteiger partial charge in [-0.3, -0.25) is 14.9 Å². The van der Waals surface area contributed by atoms with E-state index in [9.17, 15) is 9.59 Å². The SMILES string of the molecule is O=C(Cc1csc(NC(=O)c2ccccc2)n1)NCc1cccnc1-n1cccn1. The summed E-state index contributed by atoms with van der Waals surface area (Å²) in [6.45, 7) is 0.323. The molecule has 0 spiro atoms. The number of anilines is 1. The number of carbonyl (C=O) groups excluding carboxylic acids is 2. The van der Waals surface area contributed by atoms with Crippen LogP contribution in [0.3, 0.4) is 0 Å². The predicted molar refractivity (Wildman–Crippen MR) is 113 cm³/mol. The van der Waals surface area contributed by atoms with Gasteiger partial charge in [0.2, 0.25) is 5.91 Å². The maximum absolute atomic E-state index is 12.4. The third-order valence-corrected chi connectivity index (χ3v) is 5.02. The first-order chi connectivity index (χ1) is 14.7. The fourth-order valence-electron chi connectivity index (χ4n) is 2.79. The predicted octanol–water partition coefficient (Wildman–Crippen LogP) is 2.84. The number of amides is 2. The van der Waals surface area contributed by atoms with Crippen molar-refractivity contribution in [1.29, 1.82) is 0 Å². The Kier molecular flexibility index (Phi) is 5.90. The molecule has 8 nitrogen and oxygen atoms in total.